The molecule has 0 radical (unpaired) electrons. The van der Waals surface area contributed by atoms with Crippen LogP contribution in [0.1, 0.15) is 52.0 Å². The van der Waals surface area contributed by atoms with Gasteiger partial charge in [-0.05, 0) is 50.4 Å². The highest BCUT2D eigenvalue weighted by Crippen LogP contribution is 2.15. The zero-order valence-corrected chi connectivity index (χ0v) is 12.7. The second kappa shape index (κ2) is 9.85. The fraction of sp³-hybridized carbons (Fsp3) is 0.647. The Balaban J connectivity index is 2.27. The maximum atomic E-state index is 5.89. The molecule has 0 aliphatic heterocycles. The highest BCUT2D eigenvalue weighted by Gasteiger charge is 2.03. The lowest BCUT2D eigenvalue weighted by Crippen LogP contribution is -2.29. The Kier molecular flexibility index (Phi) is 8.31. The first-order chi connectivity index (χ1) is 9.26. The van der Waals surface area contributed by atoms with E-state index in [0.717, 1.165) is 18.8 Å². The van der Waals surface area contributed by atoms with Crippen molar-refractivity contribution in [2.24, 2.45) is 0 Å². The molecule has 108 valence electrons. The monoisotopic (exact) mass is 263 g/mol. The first-order valence-corrected chi connectivity index (χ1v) is 7.72. The quantitative estimate of drug-likeness (QED) is 0.639. The van der Waals surface area contributed by atoms with Gasteiger partial charge in [0.2, 0.25) is 0 Å². The number of ether oxygens (including phenoxy) is 1. The molecular formula is C17H29NO. The molecule has 0 aromatic heterocycles. The molecule has 19 heavy (non-hydrogen) atoms. The van der Waals surface area contributed by atoms with Crippen LogP contribution in [0.2, 0.25) is 0 Å². The first kappa shape index (κ1) is 16.0. The van der Waals surface area contributed by atoms with E-state index in [4.69, 9.17) is 4.74 Å². The van der Waals surface area contributed by atoms with Crippen molar-refractivity contribution in [3.63, 3.8) is 0 Å². The average Bonchev–Trinajstić information content (AvgIpc) is 2.43. The van der Waals surface area contributed by atoms with Gasteiger partial charge in [-0.1, -0.05) is 38.8 Å². The van der Waals surface area contributed by atoms with E-state index in [0.29, 0.717) is 0 Å². The smallest absolute Gasteiger partial charge is 0.119 e. The molecule has 1 rings (SSSR count). The Labute approximate surface area is 118 Å². The van der Waals surface area contributed by atoms with E-state index in [-0.39, 0.29) is 6.10 Å². The maximum absolute atomic E-state index is 5.89. The molecule has 1 atom stereocenters. The largest absolute Gasteiger partial charge is 0.489 e. The summed E-state index contributed by atoms with van der Waals surface area (Å²) in [4.78, 5) is 0. The highest BCUT2D eigenvalue weighted by atomic mass is 16.5. The average molecular weight is 263 g/mol. The third kappa shape index (κ3) is 7.22. The van der Waals surface area contributed by atoms with Crippen molar-refractivity contribution in [3.8, 4) is 5.75 Å². The summed E-state index contributed by atoms with van der Waals surface area (Å²) in [5.74, 6) is 0.977. The number of hydrogen-bond acceptors (Lipinski definition) is 2. The molecule has 1 aromatic carbocycles. The van der Waals surface area contributed by atoms with E-state index in [2.05, 4.69) is 50.4 Å². The lowest BCUT2D eigenvalue weighted by atomic mass is 10.1. The van der Waals surface area contributed by atoms with Crippen molar-refractivity contribution >= 4 is 0 Å². The van der Waals surface area contributed by atoms with E-state index in [9.17, 15) is 0 Å². The van der Waals surface area contributed by atoms with Crippen LogP contribution >= 0.6 is 0 Å². The van der Waals surface area contributed by atoms with Gasteiger partial charge in [0.05, 0.1) is 0 Å². The standard InChI is InChI=1S/C17H29NO/c1-4-6-8-16-9-11-17(12-10-16)19-15(3)14-18-13-7-5-2/h9-12,15,18H,4-8,13-14H2,1-3H3. The predicted octanol–water partition coefficient (Wildman–Crippen LogP) is 4.19. The molecule has 1 aromatic rings. The third-order valence-corrected chi connectivity index (χ3v) is 3.22. The molecule has 1 unspecified atom stereocenters. The van der Waals surface area contributed by atoms with Gasteiger partial charge in [-0.15, -0.1) is 0 Å². The second-order valence-electron chi connectivity index (χ2n) is 5.23. The lowest BCUT2D eigenvalue weighted by molar-refractivity contribution is 0.217. The predicted molar refractivity (Wildman–Crippen MR) is 82.9 cm³/mol. The molecule has 0 saturated heterocycles. The van der Waals surface area contributed by atoms with Crippen LogP contribution in [0.3, 0.4) is 0 Å². The number of nitrogens with one attached hydrogen (secondary N) is 1. The minimum absolute atomic E-state index is 0.221. The van der Waals surface area contributed by atoms with Gasteiger partial charge in [0.15, 0.2) is 0 Å². The summed E-state index contributed by atoms with van der Waals surface area (Å²) in [5.41, 5.74) is 1.41. The lowest BCUT2D eigenvalue weighted by Gasteiger charge is -2.15. The Morgan fingerprint density at radius 3 is 2.37 bits per heavy atom. The van der Waals surface area contributed by atoms with Gasteiger partial charge >= 0.3 is 0 Å². The fourth-order valence-electron chi connectivity index (χ4n) is 2.00. The molecule has 0 spiro atoms. The summed E-state index contributed by atoms with van der Waals surface area (Å²) in [7, 11) is 0. The van der Waals surface area contributed by atoms with Crippen LogP contribution in [0.5, 0.6) is 5.75 Å². The molecule has 2 nitrogen and oxygen atoms in total. The zero-order valence-electron chi connectivity index (χ0n) is 12.7. The molecule has 0 fully saturated rings. The van der Waals surface area contributed by atoms with Gasteiger partial charge in [0, 0.05) is 6.54 Å². The zero-order chi connectivity index (χ0) is 13.9. The Morgan fingerprint density at radius 1 is 1.05 bits per heavy atom. The van der Waals surface area contributed by atoms with Gasteiger partial charge in [0.25, 0.3) is 0 Å². The summed E-state index contributed by atoms with van der Waals surface area (Å²) in [5, 5.41) is 3.42. The molecule has 0 saturated carbocycles. The third-order valence-electron chi connectivity index (χ3n) is 3.22. The molecule has 1 N–H and O–H groups in total. The Morgan fingerprint density at radius 2 is 1.74 bits per heavy atom. The van der Waals surface area contributed by atoms with Crippen molar-refractivity contribution < 1.29 is 4.74 Å². The van der Waals surface area contributed by atoms with Crippen molar-refractivity contribution in [1.29, 1.82) is 0 Å². The summed E-state index contributed by atoms with van der Waals surface area (Å²) in [6.07, 6.45) is 6.38. The van der Waals surface area contributed by atoms with Crippen LogP contribution in [0, 0.1) is 0 Å². The second-order valence-corrected chi connectivity index (χ2v) is 5.23. The number of benzene rings is 1. The van der Waals surface area contributed by atoms with Gasteiger partial charge in [-0.3, -0.25) is 0 Å². The minimum atomic E-state index is 0.221. The van der Waals surface area contributed by atoms with E-state index in [1.54, 1.807) is 0 Å². The highest BCUT2D eigenvalue weighted by molar-refractivity contribution is 5.27. The number of rotatable bonds is 10. The van der Waals surface area contributed by atoms with Gasteiger partial charge in [-0.25, -0.2) is 0 Å². The minimum Gasteiger partial charge on any atom is -0.489 e. The van der Waals surface area contributed by atoms with Crippen molar-refractivity contribution in [2.45, 2.75) is 59.0 Å². The molecule has 0 bridgehead atoms. The van der Waals surface area contributed by atoms with Crippen LogP contribution < -0.4 is 10.1 Å². The molecular weight excluding hydrogens is 234 g/mol. The van der Waals surface area contributed by atoms with Gasteiger partial charge in [-0.2, -0.15) is 0 Å². The van der Waals surface area contributed by atoms with E-state index >= 15 is 0 Å². The Bertz CT molecular complexity index is 321. The SMILES string of the molecule is CCCCNCC(C)Oc1ccc(CCCC)cc1. The molecule has 0 heterocycles. The van der Waals surface area contributed by atoms with Gasteiger partial charge < -0.3 is 10.1 Å². The molecule has 0 amide bonds. The fourth-order valence-corrected chi connectivity index (χ4v) is 2.00. The van der Waals surface area contributed by atoms with Crippen LogP contribution in [-0.4, -0.2) is 19.2 Å². The summed E-state index contributed by atoms with van der Waals surface area (Å²) in [6, 6.07) is 8.55. The number of unbranched alkanes of at least 4 members (excludes halogenated alkanes) is 2. The van der Waals surface area contributed by atoms with Crippen molar-refractivity contribution in [3.05, 3.63) is 29.8 Å². The van der Waals surface area contributed by atoms with Crippen LogP contribution in [-0.2, 0) is 6.42 Å². The molecule has 2 heteroatoms. The summed E-state index contributed by atoms with van der Waals surface area (Å²) < 4.78 is 5.89. The van der Waals surface area contributed by atoms with E-state index < -0.39 is 0 Å². The molecule has 0 aliphatic rings. The van der Waals surface area contributed by atoms with Crippen LogP contribution in [0.15, 0.2) is 24.3 Å². The van der Waals surface area contributed by atoms with E-state index in [1.165, 1.54) is 37.7 Å². The Hall–Kier alpha value is -1.02. The normalized spacial score (nSPS) is 12.4. The van der Waals surface area contributed by atoms with Crippen LogP contribution in [0.4, 0.5) is 0 Å². The van der Waals surface area contributed by atoms with Crippen molar-refractivity contribution in [1.82, 2.24) is 5.32 Å². The summed E-state index contributed by atoms with van der Waals surface area (Å²) in [6.45, 7) is 8.55. The number of hydrogen-bond donors (Lipinski definition) is 1. The summed E-state index contributed by atoms with van der Waals surface area (Å²) >= 11 is 0. The van der Waals surface area contributed by atoms with Crippen LogP contribution in [0.25, 0.3) is 0 Å². The number of aryl methyl sites for hydroxylation is 1. The first-order valence-electron chi connectivity index (χ1n) is 7.72. The maximum Gasteiger partial charge on any atom is 0.119 e. The van der Waals surface area contributed by atoms with E-state index in [1.807, 2.05) is 0 Å². The van der Waals surface area contributed by atoms with Gasteiger partial charge in [0.1, 0.15) is 11.9 Å². The topological polar surface area (TPSA) is 21.3 Å². The molecule has 0 aliphatic carbocycles. The van der Waals surface area contributed by atoms with Crippen molar-refractivity contribution in [2.75, 3.05) is 13.1 Å².